The van der Waals surface area contributed by atoms with Crippen LogP contribution >= 0.6 is 0 Å². The Hall–Kier alpha value is -3.55. The van der Waals surface area contributed by atoms with Gasteiger partial charge >= 0.3 is 0 Å². The van der Waals surface area contributed by atoms with E-state index in [4.69, 9.17) is 14.2 Å². The van der Waals surface area contributed by atoms with Crippen LogP contribution in [0.25, 0.3) is 0 Å². The van der Waals surface area contributed by atoms with Gasteiger partial charge in [0.25, 0.3) is 5.91 Å². The van der Waals surface area contributed by atoms with Gasteiger partial charge in [-0.1, -0.05) is 18.2 Å². The molecule has 1 atom stereocenters. The summed E-state index contributed by atoms with van der Waals surface area (Å²) in [7, 11) is 1.79. The van der Waals surface area contributed by atoms with Crippen LogP contribution in [0.3, 0.4) is 0 Å². The van der Waals surface area contributed by atoms with Crippen molar-refractivity contribution < 1.29 is 23.4 Å². The highest BCUT2D eigenvalue weighted by atomic mass is 19.1. The molecule has 0 spiro atoms. The van der Waals surface area contributed by atoms with Crippen LogP contribution in [0, 0.1) is 5.82 Å². The molecule has 0 aliphatic heterocycles. The number of nitrogens with one attached hydrogen (secondary N) is 1. The molecule has 1 N–H and O–H groups in total. The molecule has 8 heteroatoms. The van der Waals surface area contributed by atoms with Gasteiger partial charge in [0.1, 0.15) is 17.7 Å². The number of aromatic nitrogens is 2. The van der Waals surface area contributed by atoms with E-state index in [0.29, 0.717) is 54.0 Å². The predicted octanol–water partition coefficient (Wildman–Crippen LogP) is 4.27. The average Bonchev–Trinajstić information content (AvgIpc) is 3.20. The van der Waals surface area contributed by atoms with E-state index in [1.165, 1.54) is 6.07 Å². The number of hydrogen-bond acceptors (Lipinski definition) is 5. The van der Waals surface area contributed by atoms with E-state index in [-0.39, 0.29) is 0 Å². The molecule has 1 heterocycles. The topological polar surface area (TPSA) is 74.6 Å². The lowest BCUT2D eigenvalue weighted by atomic mass is 10.0. The Balaban J connectivity index is 2.02. The maximum absolute atomic E-state index is 14.6. The van der Waals surface area contributed by atoms with Crippen molar-refractivity contribution in [2.24, 2.45) is 7.05 Å². The van der Waals surface area contributed by atoms with Crippen molar-refractivity contribution in [1.29, 1.82) is 0 Å². The van der Waals surface area contributed by atoms with Crippen molar-refractivity contribution in [3.05, 3.63) is 71.6 Å². The monoisotopic (exact) mass is 441 g/mol. The van der Waals surface area contributed by atoms with E-state index in [0.717, 1.165) is 0 Å². The summed E-state index contributed by atoms with van der Waals surface area (Å²) in [5.41, 5.74) is 0.618. The lowest BCUT2D eigenvalue weighted by Crippen LogP contribution is -2.31. The van der Waals surface area contributed by atoms with E-state index >= 15 is 0 Å². The highest BCUT2D eigenvalue weighted by Gasteiger charge is 2.26. The van der Waals surface area contributed by atoms with Gasteiger partial charge in [0.15, 0.2) is 11.5 Å². The number of halogens is 1. The second-order valence-corrected chi connectivity index (χ2v) is 6.93. The van der Waals surface area contributed by atoms with Crippen molar-refractivity contribution in [2.45, 2.75) is 26.8 Å². The molecule has 0 aliphatic rings. The fourth-order valence-electron chi connectivity index (χ4n) is 3.38. The second-order valence-electron chi connectivity index (χ2n) is 6.93. The number of nitrogens with zero attached hydrogens (tertiary/aromatic N) is 2. The third-order valence-corrected chi connectivity index (χ3v) is 4.78. The van der Waals surface area contributed by atoms with Gasteiger partial charge in [0.05, 0.1) is 19.8 Å². The fourth-order valence-corrected chi connectivity index (χ4v) is 3.38. The first-order chi connectivity index (χ1) is 15.5. The zero-order chi connectivity index (χ0) is 23.1. The molecule has 0 bridgehead atoms. The lowest BCUT2D eigenvalue weighted by Gasteiger charge is -2.21. The quantitative estimate of drug-likeness (QED) is 0.509. The van der Waals surface area contributed by atoms with E-state index in [1.807, 2.05) is 20.8 Å². The molecular formula is C24H28FN3O4. The molecule has 3 aromatic rings. The van der Waals surface area contributed by atoms with Crippen molar-refractivity contribution in [3.8, 4) is 17.2 Å². The minimum Gasteiger partial charge on any atom is -0.490 e. The number of hydrogen-bond donors (Lipinski definition) is 1. The molecule has 2 aromatic carbocycles. The number of benzene rings is 2. The molecule has 32 heavy (non-hydrogen) atoms. The number of rotatable bonds is 10. The first kappa shape index (κ1) is 23.1. The molecule has 0 aliphatic carbocycles. The van der Waals surface area contributed by atoms with E-state index in [1.54, 1.807) is 54.3 Å². The third-order valence-electron chi connectivity index (χ3n) is 4.78. The number of carbonyl (C=O) groups excluding carboxylic acids is 1. The van der Waals surface area contributed by atoms with Gasteiger partial charge in [-0.15, -0.1) is 0 Å². The predicted molar refractivity (Wildman–Crippen MR) is 119 cm³/mol. The smallest absolute Gasteiger partial charge is 0.252 e. The first-order valence-electron chi connectivity index (χ1n) is 10.6. The summed E-state index contributed by atoms with van der Waals surface area (Å²) in [5, 5.41) is 2.91. The molecule has 0 fully saturated rings. The molecule has 3 rings (SSSR count). The van der Waals surface area contributed by atoms with Gasteiger partial charge in [0.2, 0.25) is 5.75 Å². The minimum absolute atomic E-state index is 0.302. The molecule has 1 aromatic heterocycles. The van der Waals surface area contributed by atoms with Crippen LogP contribution in [-0.4, -0.2) is 35.3 Å². The first-order valence-corrected chi connectivity index (χ1v) is 10.6. The molecule has 7 nitrogen and oxygen atoms in total. The summed E-state index contributed by atoms with van der Waals surface area (Å²) < 4.78 is 33.5. The highest BCUT2D eigenvalue weighted by molar-refractivity contribution is 5.96. The fraction of sp³-hybridized carbons (Fsp3) is 0.333. The van der Waals surface area contributed by atoms with Crippen LogP contribution in [0.1, 0.15) is 48.6 Å². The van der Waals surface area contributed by atoms with Gasteiger partial charge in [-0.05, 0) is 39.0 Å². The Morgan fingerprint density at radius 2 is 1.69 bits per heavy atom. The molecule has 0 saturated carbocycles. The number of ether oxygens (including phenoxy) is 3. The maximum Gasteiger partial charge on any atom is 0.252 e. The number of imidazole rings is 1. The molecule has 0 saturated heterocycles. The van der Waals surface area contributed by atoms with E-state index < -0.39 is 17.8 Å². The summed E-state index contributed by atoms with van der Waals surface area (Å²) in [6, 6.07) is 8.72. The van der Waals surface area contributed by atoms with Crippen LogP contribution in [0.2, 0.25) is 0 Å². The van der Waals surface area contributed by atoms with Crippen LogP contribution in [0.15, 0.2) is 48.8 Å². The molecule has 0 radical (unpaired) electrons. The summed E-state index contributed by atoms with van der Waals surface area (Å²) >= 11 is 0. The van der Waals surface area contributed by atoms with Gasteiger partial charge < -0.3 is 24.1 Å². The van der Waals surface area contributed by atoms with Crippen LogP contribution in [-0.2, 0) is 7.05 Å². The Labute approximate surface area is 187 Å². The summed E-state index contributed by atoms with van der Waals surface area (Å²) in [6.07, 6.45) is 3.35. The SMILES string of the molecule is CCOc1cc(C(=O)NC(c2ccccc2F)c2nccn2C)cc(OCC)c1OCC. The Morgan fingerprint density at radius 3 is 2.22 bits per heavy atom. The van der Waals surface area contributed by atoms with Gasteiger partial charge in [-0.3, -0.25) is 4.79 Å². The van der Waals surface area contributed by atoms with Gasteiger partial charge in [-0.25, -0.2) is 9.37 Å². The van der Waals surface area contributed by atoms with Crippen molar-refractivity contribution in [3.63, 3.8) is 0 Å². The lowest BCUT2D eigenvalue weighted by molar-refractivity contribution is 0.0939. The zero-order valence-electron chi connectivity index (χ0n) is 18.7. The van der Waals surface area contributed by atoms with E-state index in [9.17, 15) is 9.18 Å². The van der Waals surface area contributed by atoms with Crippen LogP contribution in [0.5, 0.6) is 17.2 Å². The summed E-state index contributed by atoms with van der Waals surface area (Å²) in [4.78, 5) is 17.6. The summed E-state index contributed by atoms with van der Waals surface area (Å²) in [5.74, 6) is 0.908. The Morgan fingerprint density at radius 1 is 1.06 bits per heavy atom. The standard InChI is InChI=1S/C24H28FN3O4/c1-5-30-19-14-16(15-20(31-6-2)22(19)32-7-3)24(29)27-21(23-26-12-13-28(23)4)17-10-8-9-11-18(17)25/h8-15,21H,5-7H2,1-4H3,(H,27,29). The number of carbonyl (C=O) groups is 1. The van der Waals surface area contributed by atoms with Crippen molar-refractivity contribution in [1.82, 2.24) is 14.9 Å². The molecule has 1 unspecified atom stereocenters. The largest absolute Gasteiger partial charge is 0.490 e. The third kappa shape index (κ3) is 5.01. The maximum atomic E-state index is 14.6. The van der Waals surface area contributed by atoms with Gasteiger partial charge in [-0.2, -0.15) is 0 Å². The highest BCUT2D eigenvalue weighted by Crippen LogP contribution is 2.39. The van der Waals surface area contributed by atoms with E-state index in [2.05, 4.69) is 10.3 Å². The van der Waals surface area contributed by atoms with Crippen molar-refractivity contribution in [2.75, 3.05) is 19.8 Å². The molecular weight excluding hydrogens is 413 g/mol. The molecule has 170 valence electrons. The number of amides is 1. The second kappa shape index (κ2) is 10.7. The Kier molecular flexibility index (Phi) is 7.70. The average molecular weight is 442 g/mol. The number of aryl methyl sites for hydroxylation is 1. The normalized spacial score (nSPS) is 11.7. The Bertz CT molecular complexity index is 1040. The van der Waals surface area contributed by atoms with Gasteiger partial charge in [0, 0.05) is 30.6 Å². The summed E-state index contributed by atoms with van der Waals surface area (Å²) in [6.45, 7) is 6.75. The minimum atomic E-state index is -0.790. The van der Waals surface area contributed by atoms with Crippen molar-refractivity contribution >= 4 is 5.91 Å². The zero-order valence-corrected chi connectivity index (χ0v) is 18.7. The van der Waals surface area contributed by atoms with Crippen LogP contribution in [0.4, 0.5) is 4.39 Å². The molecule has 1 amide bonds. The van der Waals surface area contributed by atoms with Crippen LogP contribution < -0.4 is 19.5 Å².